The summed E-state index contributed by atoms with van der Waals surface area (Å²) in [6, 6.07) is 19.5. The maximum Gasteiger partial charge on any atom is 0.310 e. The fourth-order valence-electron chi connectivity index (χ4n) is 3.92. The number of ether oxygens (including phenoxy) is 5. The molecule has 0 radical (unpaired) electrons. The first-order chi connectivity index (χ1) is 16.4. The lowest BCUT2D eigenvalue weighted by Crippen LogP contribution is -2.19. The van der Waals surface area contributed by atoms with Crippen molar-refractivity contribution in [1.82, 2.24) is 0 Å². The molecule has 0 spiro atoms. The number of hydrogen-bond acceptors (Lipinski definition) is 6. The van der Waals surface area contributed by atoms with Crippen molar-refractivity contribution in [3.8, 4) is 17.2 Å². The Balaban J connectivity index is 1.55. The highest BCUT2D eigenvalue weighted by molar-refractivity contribution is 5.73. The molecule has 4 rings (SSSR count). The molecule has 0 bridgehead atoms. The zero-order valence-electron chi connectivity index (χ0n) is 20.0. The number of methoxy groups -OCH3 is 1. The van der Waals surface area contributed by atoms with Crippen LogP contribution in [0.25, 0.3) is 0 Å². The molecule has 0 saturated heterocycles. The maximum atomic E-state index is 11.9. The second-order valence-electron chi connectivity index (χ2n) is 8.56. The van der Waals surface area contributed by atoms with Gasteiger partial charge < -0.3 is 23.7 Å². The zero-order chi connectivity index (χ0) is 24.1. The van der Waals surface area contributed by atoms with Crippen LogP contribution in [0.15, 0.2) is 60.7 Å². The minimum atomic E-state index is -0.464. The van der Waals surface area contributed by atoms with E-state index in [1.807, 2.05) is 69.3 Å². The molecule has 0 aliphatic carbocycles. The Hall–Kier alpha value is -3.51. The number of carbonyl (C=O) groups excluding carboxylic acids is 1. The van der Waals surface area contributed by atoms with Crippen LogP contribution in [0.3, 0.4) is 0 Å². The molecule has 1 unspecified atom stereocenters. The van der Waals surface area contributed by atoms with Gasteiger partial charge in [0.15, 0.2) is 0 Å². The number of aryl methyl sites for hydroxylation is 1. The molecule has 1 aliphatic heterocycles. The topological polar surface area (TPSA) is 63.2 Å². The molecule has 6 heteroatoms. The van der Waals surface area contributed by atoms with Gasteiger partial charge in [0, 0.05) is 22.3 Å². The van der Waals surface area contributed by atoms with Crippen molar-refractivity contribution in [2.45, 2.75) is 52.8 Å². The van der Waals surface area contributed by atoms with Crippen LogP contribution in [0.1, 0.15) is 48.0 Å². The molecule has 0 aromatic heterocycles. The lowest BCUT2D eigenvalue weighted by Gasteiger charge is -2.29. The fourth-order valence-corrected chi connectivity index (χ4v) is 3.92. The minimum Gasteiger partial charge on any atom is -0.491 e. The van der Waals surface area contributed by atoms with Crippen molar-refractivity contribution >= 4 is 5.97 Å². The van der Waals surface area contributed by atoms with Crippen LogP contribution in [0.4, 0.5) is 0 Å². The first kappa shape index (κ1) is 23.6. The molecular formula is C28H30O6. The molecule has 3 aromatic carbocycles. The van der Waals surface area contributed by atoms with E-state index in [0.717, 1.165) is 33.6 Å². The van der Waals surface area contributed by atoms with Crippen LogP contribution in [0.2, 0.25) is 0 Å². The molecule has 1 atom stereocenters. The molecule has 34 heavy (non-hydrogen) atoms. The van der Waals surface area contributed by atoms with E-state index < -0.39 is 6.29 Å². The third-order valence-corrected chi connectivity index (χ3v) is 5.43. The molecule has 3 aromatic rings. The van der Waals surface area contributed by atoms with Crippen molar-refractivity contribution < 1.29 is 28.5 Å². The second-order valence-corrected chi connectivity index (χ2v) is 8.56. The van der Waals surface area contributed by atoms with Crippen molar-refractivity contribution in [3.05, 3.63) is 88.5 Å². The molecule has 0 amide bonds. The first-order valence-electron chi connectivity index (χ1n) is 11.4. The van der Waals surface area contributed by atoms with Crippen molar-refractivity contribution in [2.24, 2.45) is 0 Å². The number of esters is 1. The molecule has 1 aliphatic rings. The molecule has 178 valence electrons. The van der Waals surface area contributed by atoms with Crippen molar-refractivity contribution in [1.29, 1.82) is 0 Å². The van der Waals surface area contributed by atoms with Gasteiger partial charge in [0.25, 0.3) is 0 Å². The predicted octanol–water partition coefficient (Wildman–Crippen LogP) is 5.68. The van der Waals surface area contributed by atoms with E-state index in [2.05, 4.69) is 12.1 Å². The van der Waals surface area contributed by atoms with Gasteiger partial charge in [-0.05, 0) is 45.0 Å². The summed E-state index contributed by atoms with van der Waals surface area (Å²) >= 11 is 0. The van der Waals surface area contributed by atoms with E-state index in [1.54, 1.807) is 0 Å². The molecular weight excluding hydrogens is 432 g/mol. The van der Waals surface area contributed by atoms with Crippen LogP contribution in [-0.4, -0.2) is 19.2 Å². The van der Waals surface area contributed by atoms with Gasteiger partial charge >= 0.3 is 5.97 Å². The Labute approximate surface area is 200 Å². The zero-order valence-corrected chi connectivity index (χ0v) is 20.0. The SMILES string of the molecule is COC(=O)Cc1cc(OCc2cc(C)cc3c2OC(c2ccccc2)OC3)ccc1OC(C)C. The monoisotopic (exact) mass is 462 g/mol. The smallest absolute Gasteiger partial charge is 0.310 e. The van der Waals surface area contributed by atoms with Crippen molar-refractivity contribution in [3.63, 3.8) is 0 Å². The number of rotatable bonds is 8. The van der Waals surface area contributed by atoms with Crippen LogP contribution >= 0.6 is 0 Å². The Morgan fingerprint density at radius 2 is 1.85 bits per heavy atom. The molecule has 0 fully saturated rings. The standard InChI is InChI=1S/C28H30O6/c1-18(2)33-25-11-10-24(14-21(25)15-26(29)30-4)31-16-22-12-19(3)13-23-17-32-28(34-27(22)23)20-8-6-5-7-9-20/h5-14,18,28H,15-17H2,1-4H3. The largest absolute Gasteiger partial charge is 0.491 e. The Morgan fingerprint density at radius 3 is 2.59 bits per heavy atom. The highest BCUT2D eigenvalue weighted by atomic mass is 16.7. The predicted molar refractivity (Wildman–Crippen MR) is 128 cm³/mol. The molecule has 1 heterocycles. The van der Waals surface area contributed by atoms with Gasteiger partial charge in [-0.3, -0.25) is 4.79 Å². The van der Waals surface area contributed by atoms with Gasteiger partial charge in [0.05, 0.1) is 26.2 Å². The van der Waals surface area contributed by atoms with E-state index >= 15 is 0 Å². The van der Waals surface area contributed by atoms with Crippen LogP contribution in [-0.2, 0) is 33.9 Å². The minimum absolute atomic E-state index is 0.0149. The highest BCUT2D eigenvalue weighted by Crippen LogP contribution is 2.37. The van der Waals surface area contributed by atoms with Crippen LogP contribution in [0.5, 0.6) is 17.2 Å². The van der Waals surface area contributed by atoms with Gasteiger partial charge in [-0.1, -0.05) is 42.0 Å². The van der Waals surface area contributed by atoms with E-state index in [-0.39, 0.29) is 18.5 Å². The van der Waals surface area contributed by atoms with E-state index in [9.17, 15) is 4.79 Å². The number of hydrogen-bond donors (Lipinski definition) is 0. The molecule has 0 N–H and O–H groups in total. The highest BCUT2D eigenvalue weighted by Gasteiger charge is 2.25. The number of fused-ring (bicyclic) bond motifs is 1. The van der Waals surface area contributed by atoms with Gasteiger partial charge in [0.1, 0.15) is 23.9 Å². The van der Waals surface area contributed by atoms with Gasteiger partial charge in [0.2, 0.25) is 6.29 Å². The molecule has 0 saturated carbocycles. The summed E-state index contributed by atoms with van der Waals surface area (Å²) in [5, 5.41) is 0. The lowest BCUT2D eigenvalue weighted by atomic mass is 10.0. The number of benzene rings is 3. The third-order valence-electron chi connectivity index (χ3n) is 5.43. The van der Waals surface area contributed by atoms with Crippen LogP contribution in [0, 0.1) is 6.92 Å². The average Bonchev–Trinajstić information content (AvgIpc) is 2.83. The van der Waals surface area contributed by atoms with E-state index in [1.165, 1.54) is 7.11 Å². The summed E-state index contributed by atoms with van der Waals surface area (Å²) < 4.78 is 29.1. The normalized spacial score (nSPS) is 14.8. The van der Waals surface area contributed by atoms with Crippen LogP contribution < -0.4 is 14.2 Å². The van der Waals surface area contributed by atoms with Gasteiger partial charge in [-0.25, -0.2) is 0 Å². The Morgan fingerprint density at radius 1 is 1.06 bits per heavy atom. The average molecular weight is 463 g/mol. The summed E-state index contributed by atoms with van der Waals surface area (Å²) in [5.41, 5.74) is 4.73. The quantitative estimate of drug-likeness (QED) is 0.401. The first-order valence-corrected chi connectivity index (χ1v) is 11.4. The summed E-state index contributed by atoms with van der Waals surface area (Å²) in [4.78, 5) is 11.9. The van der Waals surface area contributed by atoms with Crippen molar-refractivity contribution in [2.75, 3.05) is 7.11 Å². The lowest BCUT2D eigenvalue weighted by molar-refractivity contribution is -0.139. The fraction of sp³-hybridized carbons (Fsp3) is 0.321. The van der Waals surface area contributed by atoms with E-state index in [4.69, 9.17) is 23.7 Å². The third kappa shape index (κ3) is 5.69. The Kier molecular flexibility index (Phi) is 7.38. The summed E-state index contributed by atoms with van der Waals surface area (Å²) in [6.45, 7) is 6.71. The number of carbonyl (C=O) groups is 1. The summed E-state index contributed by atoms with van der Waals surface area (Å²) in [6.07, 6.45) is -0.373. The molecule has 6 nitrogen and oxygen atoms in total. The maximum absolute atomic E-state index is 11.9. The van der Waals surface area contributed by atoms with E-state index in [0.29, 0.717) is 24.7 Å². The second kappa shape index (κ2) is 10.6. The van der Waals surface area contributed by atoms with Gasteiger partial charge in [-0.15, -0.1) is 0 Å². The summed E-state index contributed by atoms with van der Waals surface area (Å²) in [5.74, 6) is 1.74. The van der Waals surface area contributed by atoms with Gasteiger partial charge in [-0.2, -0.15) is 0 Å². The summed E-state index contributed by atoms with van der Waals surface area (Å²) in [7, 11) is 1.37. The Bertz CT molecular complexity index is 1140.